The summed E-state index contributed by atoms with van der Waals surface area (Å²) in [4.78, 5) is 2.31. The van der Waals surface area contributed by atoms with Crippen LogP contribution in [-0.4, -0.2) is 48.4 Å². The van der Waals surface area contributed by atoms with Crippen LogP contribution in [0.2, 0.25) is 0 Å². The maximum atomic E-state index is 9.16. The molecule has 5 heteroatoms. The van der Waals surface area contributed by atoms with Gasteiger partial charge in [0.2, 0.25) is 0 Å². The second-order valence-electron chi connectivity index (χ2n) is 4.88. The van der Waals surface area contributed by atoms with Gasteiger partial charge in [-0.05, 0) is 30.9 Å². The van der Waals surface area contributed by atoms with Crippen LogP contribution in [0.4, 0.5) is 0 Å². The summed E-state index contributed by atoms with van der Waals surface area (Å²) in [6.07, 6.45) is 2.14. The van der Waals surface area contributed by atoms with E-state index in [-0.39, 0.29) is 0 Å². The number of benzene rings is 1. The van der Waals surface area contributed by atoms with Gasteiger partial charge in [-0.2, -0.15) is 0 Å². The highest BCUT2D eigenvalue weighted by molar-refractivity contribution is 6.58. The molecule has 0 unspecified atom stereocenters. The molecule has 1 heterocycles. The highest BCUT2D eigenvalue weighted by atomic mass is 16.5. The van der Waals surface area contributed by atoms with Gasteiger partial charge in [-0.25, -0.2) is 0 Å². The lowest BCUT2D eigenvalue weighted by Crippen LogP contribution is -2.36. The molecule has 1 saturated heterocycles. The van der Waals surface area contributed by atoms with Crippen LogP contribution in [0.15, 0.2) is 24.3 Å². The normalized spacial score (nSPS) is 17.1. The van der Waals surface area contributed by atoms with Crippen LogP contribution < -0.4 is 5.46 Å². The zero-order valence-corrected chi connectivity index (χ0v) is 10.7. The summed E-state index contributed by atoms with van der Waals surface area (Å²) in [6, 6.07) is 8.01. The molecule has 0 amide bonds. The fourth-order valence-electron chi connectivity index (χ4n) is 2.40. The van der Waals surface area contributed by atoms with Gasteiger partial charge in [0.1, 0.15) is 0 Å². The first-order valence-corrected chi connectivity index (χ1v) is 6.40. The molecule has 1 fully saturated rings. The van der Waals surface area contributed by atoms with Gasteiger partial charge in [0.05, 0.1) is 0 Å². The lowest BCUT2D eigenvalue weighted by atomic mass is 9.79. The zero-order chi connectivity index (χ0) is 13.0. The lowest BCUT2D eigenvalue weighted by Gasteiger charge is -2.31. The summed E-state index contributed by atoms with van der Waals surface area (Å²) in [7, 11) is 0.719. The summed E-state index contributed by atoms with van der Waals surface area (Å²) in [5.41, 5.74) is 1.66. The molecule has 0 aromatic heterocycles. The first kappa shape index (κ1) is 13.6. The molecular weight excluding hydrogens is 229 g/mol. The molecule has 0 atom stereocenters. The van der Waals surface area contributed by atoms with Crippen molar-refractivity contribution in [2.75, 3.05) is 20.3 Å². The largest absolute Gasteiger partial charge is 0.488 e. The Morgan fingerprint density at radius 3 is 2.72 bits per heavy atom. The predicted octanol–water partition coefficient (Wildman–Crippen LogP) is -0.0228. The Hall–Kier alpha value is -0.875. The first-order chi connectivity index (χ1) is 8.66. The topological polar surface area (TPSA) is 52.9 Å². The van der Waals surface area contributed by atoms with Crippen LogP contribution in [0, 0.1) is 0 Å². The molecule has 4 nitrogen and oxygen atoms in total. The molecule has 2 rings (SSSR count). The van der Waals surface area contributed by atoms with Crippen molar-refractivity contribution < 1.29 is 14.8 Å². The Kier molecular flexibility index (Phi) is 4.77. The number of hydrogen-bond donors (Lipinski definition) is 2. The van der Waals surface area contributed by atoms with Crippen LogP contribution in [0.1, 0.15) is 18.4 Å². The Balaban J connectivity index is 1.97. The third-order valence-corrected chi connectivity index (χ3v) is 3.50. The molecule has 1 aliphatic heterocycles. The van der Waals surface area contributed by atoms with Crippen LogP contribution in [-0.2, 0) is 11.3 Å². The van der Waals surface area contributed by atoms with Gasteiger partial charge in [-0.15, -0.1) is 0 Å². The molecule has 1 aromatic rings. The maximum absolute atomic E-state index is 9.16. The minimum Gasteiger partial charge on any atom is -0.423 e. The van der Waals surface area contributed by atoms with Crippen molar-refractivity contribution in [3.05, 3.63) is 29.8 Å². The van der Waals surface area contributed by atoms with Crippen molar-refractivity contribution in [3.8, 4) is 0 Å². The van der Waals surface area contributed by atoms with Crippen LogP contribution in [0.25, 0.3) is 0 Å². The average Bonchev–Trinajstić information content (AvgIpc) is 2.40. The van der Waals surface area contributed by atoms with Gasteiger partial charge in [0.15, 0.2) is 0 Å². The van der Waals surface area contributed by atoms with E-state index in [9.17, 15) is 0 Å². The molecule has 18 heavy (non-hydrogen) atoms. The SMILES string of the molecule is CN(Cc1cccc(B(O)O)c1)C1CCOCC1. The smallest absolute Gasteiger partial charge is 0.423 e. The van der Waals surface area contributed by atoms with Crippen molar-refractivity contribution in [2.45, 2.75) is 25.4 Å². The van der Waals surface area contributed by atoms with E-state index in [2.05, 4.69) is 11.9 Å². The van der Waals surface area contributed by atoms with E-state index in [1.54, 1.807) is 6.07 Å². The Labute approximate surface area is 108 Å². The quantitative estimate of drug-likeness (QED) is 0.736. The Morgan fingerprint density at radius 1 is 1.33 bits per heavy atom. The average molecular weight is 249 g/mol. The monoisotopic (exact) mass is 249 g/mol. The Morgan fingerprint density at radius 2 is 2.06 bits per heavy atom. The number of rotatable bonds is 4. The van der Waals surface area contributed by atoms with Crippen molar-refractivity contribution in [1.29, 1.82) is 0 Å². The van der Waals surface area contributed by atoms with E-state index in [0.717, 1.165) is 38.2 Å². The molecular formula is C13H20BNO3. The molecule has 0 spiro atoms. The Bertz CT molecular complexity index is 380. The molecule has 1 aliphatic rings. The van der Waals surface area contributed by atoms with E-state index < -0.39 is 7.12 Å². The summed E-state index contributed by atoms with van der Waals surface area (Å²) < 4.78 is 5.36. The first-order valence-electron chi connectivity index (χ1n) is 6.40. The minimum atomic E-state index is -1.39. The van der Waals surface area contributed by atoms with Gasteiger partial charge in [0.25, 0.3) is 0 Å². The van der Waals surface area contributed by atoms with Gasteiger partial charge in [0, 0.05) is 25.8 Å². The standard InChI is InChI=1S/C13H20BNO3/c1-15(13-5-7-18-8-6-13)10-11-3-2-4-12(9-11)14(16)17/h2-4,9,13,16-17H,5-8,10H2,1H3. The lowest BCUT2D eigenvalue weighted by molar-refractivity contribution is 0.0407. The molecule has 2 N–H and O–H groups in total. The summed E-state index contributed by atoms with van der Waals surface area (Å²) in [6.45, 7) is 2.50. The fraction of sp³-hybridized carbons (Fsp3) is 0.538. The van der Waals surface area contributed by atoms with Crippen molar-refractivity contribution in [2.24, 2.45) is 0 Å². The fourth-order valence-corrected chi connectivity index (χ4v) is 2.40. The van der Waals surface area contributed by atoms with E-state index in [4.69, 9.17) is 14.8 Å². The van der Waals surface area contributed by atoms with Crippen LogP contribution in [0.3, 0.4) is 0 Å². The maximum Gasteiger partial charge on any atom is 0.488 e. The zero-order valence-electron chi connectivity index (χ0n) is 10.7. The molecule has 0 saturated carbocycles. The number of ether oxygens (including phenoxy) is 1. The van der Waals surface area contributed by atoms with Crippen LogP contribution >= 0.6 is 0 Å². The van der Waals surface area contributed by atoms with Crippen molar-refractivity contribution in [1.82, 2.24) is 4.90 Å². The highest BCUT2D eigenvalue weighted by Gasteiger charge is 2.19. The second kappa shape index (κ2) is 6.34. The summed E-state index contributed by atoms with van der Waals surface area (Å²) >= 11 is 0. The minimum absolute atomic E-state index is 0.549. The van der Waals surface area contributed by atoms with Gasteiger partial charge >= 0.3 is 7.12 Å². The predicted molar refractivity (Wildman–Crippen MR) is 71.6 cm³/mol. The van der Waals surface area contributed by atoms with E-state index in [1.807, 2.05) is 18.2 Å². The summed E-state index contributed by atoms with van der Waals surface area (Å²) in [5.74, 6) is 0. The van der Waals surface area contributed by atoms with Gasteiger partial charge in [-0.1, -0.05) is 24.3 Å². The molecule has 1 aromatic carbocycles. The number of nitrogens with zero attached hydrogens (tertiary/aromatic N) is 1. The van der Waals surface area contributed by atoms with Crippen LogP contribution in [0.5, 0.6) is 0 Å². The van der Waals surface area contributed by atoms with Gasteiger partial charge < -0.3 is 14.8 Å². The van der Waals surface area contributed by atoms with E-state index in [0.29, 0.717) is 11.5 Å². The molecule has 0 bridgehead atoms. The van der Waals surface area contributed by atoms with E-state index >= 15 is 0 Å². The van der Waals surface area contributed by atoms with E-state index in [1.165, 1.54) is 0 Å². The number of hydrogen-bond acceptors (Lipinski definition) is 4. The second-order valence-corrected chi connectivity index (χ2v) is 4.88. The van der Waals surface area contributed by atoms with Gasteiger partial charge in [-0.3, -0.25) is 4.90 Å². The molecule has 98 valence electrons. The van der Waals surface area contributed by atoms with Crippen molar-refractivity contribution in [3.63, 3.8) is 0 Å². The summed E-state index contributed by atoms with van der Waals surface area (Å²) in [5, 5.41) is 18.3. The third kappa shape index (κ3) is 3.56. The third-order valence-electron chi connectivity index (χ3n) is 3.50. The van der Waals surface area contributed by atoms with Crippen molar-refractivity contribution >= 4 is 12.6 Å². The molecule has 0 radical (unpaired) electrons. The molecule has 0 aliphatic carbocycles. The highest BCUT2D eigenvalue weighted by Crippen LogP contribution is 2.15.